The van der Waals surface area contributed by atoms with Crippen LogP contribution < -0.4 is 5.46 Å². The van der Waals surface area contributed by atoms with Crippen molar-refractivity contribution in [1.82, 2.24) is 0 Å². The first-order valence-electron chi connectivity index (χ1n) is 5.93. The van der Waals surface area contributed by atoms with Crippen LogP contribution in [0.25, 0.3) is 0 Å². The van der Waals surface area contributed by atoms with Crippen LogP contribution >= 0.6 is 0 Å². The van der Waals surface area contributed by atoms with Gasteiger partial charge in [0.1, 0.15) is 7.85 Å². The SMILES string of the molecule is [B]c1ccc2c(c1)C(C)(C(C)C)CCC2. The van der Waals surface area contributed by atoms with E-state index in [1.807, 2.05) is 6.07 Å². The van der Waals surface area contributed by atoms with Crippen LogP contribution in [0, 0.1) is 5.92 Å². The lowest BCUT2D eigenvalue weighted by Gasteiger charge is -2.40. The summed E-state index contributed by atoms with van der Waals surface area (Å²) in [4.78, 5) is 0. The van der Waals surface area contributed by atoms with E-state index >= 15 is 0 Å². The normalized spacial score (nSPS) is 25.3. The molecule has 1 aromatic rings. The zero-order chi connectivity index (χ0) is 11.1. The van der Waals surface area contributed by atoms with Crippen LogP contribution in [0.5, 0.6) is 0 Å². The number of hydrogen-bond donors (Lipinski definition) is 0. The summed E-state index contributed by atoms with van der Waals surface area (Å²) in [6.07, 6.45) is 3.82. The molecule has 0 aliphatic heterocycles. The molecule has 0 fully saturated rings. The Bertz CT molecular complexity index is 368. The molecule has 0 aromatic heterocycles. The van der Waals surface area contributed by atoms with Gasteiger partial charge in [-0.2, -0.15) is 0 Å². The summed E-state index contributed by atoms with van der Waals surface area (Å²) >= 11 is 0. The molecule has 1 unspecified atom stereocenters. The fourth-order valence-corrected chi connectivity index (χ4v) is 2.72. The summed E-state index contributed by atoms with van der Waals surface area (Å²) in [5, 5.41) is 0. The highest BCUT2D eigenvalue weighted by Gasteiger charge is 2.34. The zero-order valence-corrected chi connectivity index (χ0v) is 10.0. The van der Waals surface area contributed by atoms with Gasteiger partial charge in [0.25, 0.3) is 0 Å². The van der Waals surface area contributed by atoms with Crippen LogP contribution in [0.1, 0.15) is 44.7 Å². The van der Waals surface area contributed by atoms with Gasteiger partial charge < -0.3 is 0 Å². The molecule has 1 aromatic carbocycles. The Morgan fingerprint density at radius 3 is 2.73 bits per heavy atom. The van der Waals surface area contributed by atoms with E-state index in [1.54, 1.807) is 0 Å². The summed E-state index contributed by atoms with van der Waals surface area (Å²) in [6, 6.07) is 6.43. The molecule has 78 valence electrons. The first kappa shape index (κ1) is 10.8. The van der Waals surface area contributed by atoms with Crippen molar-refractivity contribution in [1.29, 1.82) is 0 Å². The largest absolute Gasteiger partial charge is 0.113 e. The van der Waals surface area contributed by atoms with Crippen molar-refractivity contribution in [2.45, 2.75) is 45.4 Å². The Balaban J connectivity index is 2.54. The molecule has 0 saturated heterocycles. The summed E-state index contributed by atoms with van der Waals surface area (Å²) in [5.74, 6) is 0.679. The first-order chi connectivity index (χ1) is 7.04. The van der Waals surface area contributed by atoms with Crippen molar-refractivity contribution in [2.24, 2.45) is 5.92 Å². The highest BCUT2D eigenvalue weighted by molar-refractivity contribution is 6.32. The average molecular weight is 198 g/mol. The van der Waals surface area contributed by atoms with Gasteiger partial charge in [-0.25, -0.2) is 0 Å². The standard InChI is InChI=1S/C14H19B/c1-10(2)14(3)8-4-5-11-6-7-12(15)9-13(11)14/h6-7,9-10H,4-5,8H2,1-3H3. The van der Waals surface area contributed by atoms with Gasteiger partial charge in [0, 0.05) is 0 Å². The summed E-state index contributed by atoms with van der Waals surface area (Å²) in [6.45, 7) is 7.02. The molecule has 2 rings (SSSR count). The Morgan fingerprint density at radius 2 is 2.07 bits per heavy atom. The molecular formula is C14H19B. The molecule has 0 spiro atoms. The lowest BCUT2D eigenvalue weighted by molar-refractivity contribution is 0.290. The second kappa shape index (κ2) is 3.70. The molecule has 0 saturated carbocycles. The minimum atomic E-state index is 0.322. The number of hydrogen-bond acceptors (Lipinski definition) is 0. The predicted molar refractivity (Wildman–Crippen MR) is 67.0 cm³/mol. The van der Waals surface area contributed by atoms with E-state index in [2.05, 4.69) is 32.9 Å². The molecule has 0 N–H and O–H groups in total. The fourth-order valence-electron chi connectivity index (χ4n) is 2.72. The lowest BCUT2D eigenvalue weighted by atomic mass is 9.64. The molecule has 2 radical (unpaired) electrons. The van der Waals surface area contributed by atoms with Gasteiger partial charge in [0.2, 0.25) is 0 Å². The van der Waals surface area contributed by atoms with Crippen LogP contribution in [-0.2, 0) is 11.8 Å². The Hall–Kier alpha value is -0.715. The Kier molecular flexibility index (Phi) is 2.66. The summed E-state index contributed by atoms with van der Waals surface area (Å²) in [7, 11) is 5.90. The third-order valence-corrected chi connectivity index (χ3v) is 4.17. The minimum Gasteiger partial charge on any atom is -0.0964 e. The molecule has 0 amide bonds. The highest BCUT2D eigenvalue weighted by atomic mass is 14.4. The van der Waals surface area contributed by atoms with Gasteiger partial charge in [-0.3, -0.25) is 0 Å². The van der Waals surface area contributed by atoms with E-state index in [0.29, 0.717) is 11.3 Å². The van der Waals surface area contributed by atoms with Crippen LogP contribution in [0.3, 0.4) is 0 Å². The van der Waals surface area contributed by atoms with Crippen LogP contribution in [0.15, 0.2) is 18.2 Å². The van der Waals surface area contributed by atoms with Gasteiger partial charge in [-0.1, -0.05) is 44.4 Å². The highest BCUT2D eigenvalue weighted by Crippen LogP contribution is 2.41. The minimum absolute atomic E-state index is 0.322. The van der Waals surface area contributed by atoms with Gasteiger partial charge in [-0.05, 0) is 41.7 Å². The van der Waals surface area contributed by atoms with E-state index < -0.39 is 0 Å². The quantitative estimate of drug-likeness (QED) is 0.608. The molecule has 0 bridgehead atoms. The molecule has 1 aliphatic rings. The van der Waals surface area contributed by atoms with Crippen molar-refractivity contribution in [2.75, 3.05) is 0 Å². The Labute approximate surface area is 94.5 Å². The maximum Gasteiger partial charge on any atom is 0.113 e. The van der Waals surface area contributed by atoms with E-state index in [1.165, 1.54) is 30.4 Å². The molecule has 0 nitrogen and oxygen atoms in total. The van der Waals surface area contributed by atoms with Gasteiger partial charge in [0.05, 0.1) is 0 Å². The molecule has 1 aliphatic carbocycles. The van der Waals surface area contributed by atoms with E-state index in [9.17, 15) is 0 Å². The van der Waals surface area contributed by atoms with Crippen molar-refractivity contribution >= 4 is 13.3 Å². The smallest absolute Gasteiger partial charge is 0.0964 e. The summed E-state index contributed by atoms with van der Waals surface area (Å²) in [5.41, 5.74) is 4.22. The van der Waals surface area contributed by atoms with Crippen LogP contribution in [-0.4, -0.2) is 7.85 Å². The third-order valence-electron chi connectivity index (χ3n) is 4.17. The monoisotopic (exact) mass is 198 g/mol. The van der Waals surface area contributed by atoms with Crippen LogP contribution in [0.4, 0.5) is 0 Å². The molecule has 0 heterocycles. The predicted octanol–water partition coefficient (Wildman–Crippen LogP) is 2.73. The fraction of sp³-hybridized carbons (Fsp3) is 0.571. The topological polar surface area (TPSA) is 0 Å². The second-order valence-electron chi connectivity index (χ2n) is 5.34. The van der Waals surface area contributed by atoms with Crippen molar-refractivity contribution in [3.8, 4) is 0 Å². The molecular weight excluding hydrogens is 179 g/mol. The van der Waals surface area contributed by atoms with Crippen molar-refractivity contribution in [3.63, 3.8) is 0 Å². The third kappa shape index (κ3) is 1.73. The Morgan fingerprint density at radius 1 is 1.33 bits per heavy atom. The zero-order valence-electron chi connectivity index (χ0n) is 10.0. The molecule has 1 heteroatoms. The molecule has 1 atom stereocenters. The number of benzene rings is 1. The average Bonchev–Trinajstić information content (AvgIpc) is 2.19. The number of aryl methyl sites for hydroxylation is 1. The van der Waals surface area contributed by atoms with Crippen molar-refractivity contribution < 1.29 is 0 Å². The number of fused-ring (bicyclic) bond motifs is 1. The van der Waals surface area contributed by atoms with Crippen LogP contribution in [0.2, 0.25) is 0 Å². The van der Waals surface area contributed by atoms with E-state index in [0.717, 1.165) is 5.46 Å². The second-order valence-corrected chi connectivity index (χ2v) is 5.34. The lowest BCUT2D eigenvalue weighted by Crippen LogP contribution is -2.34. The van der Waals surface area contributed by atoms with Gasteiger partial charge >= 0.3 is 0 Å². The van der Waals surface area contributed by atoms with E-state index in [-0.39, 0.29) is 0 Å². The number of rotatable bonds is 1. The maximum atomic E-state index is 5.90. The van der Waals surface area contributed by atoms with Gasteiger partial charge in [0.15, 0.2) is 0 Å². The maximum absolute atomic E-state index is 5.90. The van der Waals surface area contributed by atoms with Gasteiger partial charge in [-0.15, -0.1) is 0 Å². The first-order valence-corrected chi connectivity index (χ1v) is 5.93. The van der Waals surface area contributed by atoms with E-state index in [4.69, 9.17) is 7.85 Å². The molecule has 15 heavy (non-hydrogen) atoms. The van der Waals surface area contributed by atoms with Crippen molar-refractivity contribution in [3.05, 3.63) is 29.3 Å². The summed E-state index contributed by atoms with van der Waals surface area (Å²) < 4.78 is 0.